The van der Waals surface area contributed by atoms with E-state index in [2.05, 4.69) is 43.4 Å². The number of thiazole rings is 1. The zero-order chi connectivity index (χ0) is 18.1. The summed E-state index contributed by atoms with van der Waals surface area (Å²) in [7, 11) is 0. The molecule has 1 aliphatic carbocycles. The van der Waals surface area contributed by atoms with Crippen molar-refractivity contribution in [1.82, 2.24) is 19.9 Å². The molecule has 134 valence electrons. The van der Waals surface area contributed by atoms with E-state index in [-0.39, 0.29) is 18.1 Å². The summed E-state index contributed by atoms with van der Waals surface area (Å²) in [6.45, 7) is 3.95. The van der Waals surface area contributed by atoms with E-state index >= 15 is 0 Å². The molecule has 0 aliphatic heterocycles. The molecule has 7 heteroatoms. The zero-order valence-electron chi connectivity index (χ0n) is 14.8. The number of rotatable bonds is 3. The van der Waals surface area contributed by atoms with Crippen molar-refractivity contribution in [1.29, 1.82) is 0 Å². The molecule has 2 N–H and O–H groups in total. The van der Waals surface area contributed by atoms with Crippen molar-refractivity contribution in [3.63, 3.8) is 0 Å². The van der Waals surface area contributed by atoms with Crippen LogP contribution in [0.15, 0.2) is 43.0 Å². The van der Waals surface area contributed by atoms with E-state index < -0.39 is 0 Å². The third kappa shape index (κ3) is 3.22. The van der Waals surface area contributed by atoms with Gasteiger partial charge in [-0.05, 0) is 37.8 Å². The van der Waals surface area contributed by atoms with E-state index in [0.29, 0.717) is 5.13 Å². The fourth-order valence-electron chi connectivity index (χ4n) is 3.50. The monoisotopic (exact) mass is 367 g/mol. The van der Waals surface area contributed by atoms with Crippen molar-refractivity contribution in [3.8, 4) is 0 Å². The first kappa shape index (κ1) is 16.8. The van der Waals surface area contributed by atoms with Crippen LogP contribution < -0.4 is 10.6 Å². The number of aromatic nitrogens is 3. The van der Waals surface area contributed by atoms with Gasteiger partial charge in [0.25, 0.3) is 0 Å². The van der Waals surface area contributed by atoms with Crippen LogP contribution in [-0.2, 0) is 6.42 Å². The molecular weight excluding hydrogens is 346 g/mol. The highest BCUT2D eigenvalue weighted by molar-refractivity contribution is 7.15. The van der Waals surface area contributed by atoms with Gasteiger partial charge in [0.05, 0.1) is 24.1 Å². The van der Waals surface area contributed by atoms with E-state index in [0.717, 1.165) is 23.4 Å². The van der Waals surface area contributed by atoms with E-state index in [9.17, 15) is 4.79 Å². The number of urea groups is 1. The Morgan fingerprint density at radius 1 is 1.31 bits per heavy atom. The summed E-state index contributed by atoms with van der Waals surface area (Å²) in [5.41, 5.74) is 3.40. The van der Waals surface area contributed by atoms with Gasteiger partial charge < -0.3 is 9.88 Å². The Morgan fingerprint density at radius 2 is 2.15 bits per heavy atom. The fraction of sp³-hybridized carbons (Fsp3) is 0.316. The number of hydrogen-bond acceptors (Lipinski definition) is 4. The number of nitrogens with zero attached hydrogens (tertiary/aromatic N) is 3. The summed E-state index contributed by atoms with van der Waals surface area (Å²) in [5, 5.41) is 6.66. The van der Waals surface area contributed by atoms with Crippen LogP contribution in [0.25, 0.3) is 0 Å². The summed E-state index contributed by atoms with van der Waals surface area (Å²) < 4.78 is 2.08. The molecule has 2 amide bonds. The van der Waals surface area contributed by atoms with Crippen molar-refractivity contribution in [2.75, 3.05) is 5.32 Å². The molecule has 1 aliphatic rings. The maximum atomic E-state index is 12.6. The quantitative estimate of drug-likeness (QED) is 0.735. The highest BCUT2D eigenvalue weighted by Crippen LogP contribution is 2.37. The number of anilines is 1. The Kier molecular flexibility index (Phi) is 4.46. The van der Waals surface area contributed by atoms with E-state index in [4.69, 9.17) is 0 Å². The van der Waals surface area contributed by atoms with Crippen molar-refractivity contribution < 1.29 is 4.79 Å². The van der Waals surface area contributed by atoms with E-state index in [1.807, 2.05) is 32.4 Å². The lowest BCUT2D eigenvalue weighted by atomic mass is 9.84. The minimum atomic E-state index is -0.231. The van der Waals surface area contributed by atoms with Gasteiger partial charge in [-0.1, -0.05) is 24.3 Å². The molecule has 0 fully saturated rings. The number of amides is 2. The predicted octanol–water partition coefficient (Wildman–Crippen LogP) is 4.01. The molecule has 0 bridgehead atoms. The Balaban J connectivity index is 1.59. The van der Waals surface area contributed by atoms with Crippen molar-refractivity contribution in [2.24, 2.45) is 0 Å². The summed E-state index contributed by atoms with van der Waals surface area (Å²) in [6, 6.07) is 8.10. The van der Waals surface area contributed by atoms with Gasteiger partial charge in [-0.15, -0.1) is 11.3 Å². The average molecular weight is 367 g/mol. The van der Waals surface area contributed by atoms with Crippen molar-refractivity contribution in [3.05, 3.63) is 64.7 Å². The number of imidazole rings is 1. The minimum absolute atomic E-state index is 0.115. The van der Waals surface area contributed by atoms with E-state index in [1.54, 1.807) is 6.20 Å². The Morgan fingerprint density at radius 3 is 2.88 bits per heavy atom. The molecule has 2 heterocycles. The van der Waals surface area contributed by atoms with Crippen LogP contribution in [0.1, 0.15) is 40.2 Å². The second kappa shape index (κ2) is 6.92. The van der Waals surface area contributed by atoms with Gasteiger partial charge in [-0.3, -0.25) is 5.32 Å². The van der Waals surface area contributed by atoms with Crippen molar-refractivity contribution in [2.45, 2.75) is 38.8 Å². The van der Waals surface area contributed by atoms with Crippen LogP contribution in [-0.4, -0.2) is 20.6 Å². The average Bonchev–Trinajstić information content (AvgIpc) is 3.26. The number of aryl methyl sites for hydroxylation is 3. The first-order chi connectivity index (χ1) is 12.6. The SMILES string of the molecule is Cc1nc(NC(=O)N[C@H]2c3ccccc3CC[C@H]2n2ccnc2)sc1C. The number of benzene rings is 1. The molecule has 1 aromatic carbocycles. The zero-order valence-corrected chi connectivity index (χ0v) is 15.6. The lowest BCUT2D eigenvalue weighted by Crippen LogP contribution is -2.39. The third-order valence-corrected chi connectivity index (χ3v) is 5.92. The Bertz CT molecular complexity index is 898. The summed E-state index contributed by atoms with van der Waals surface area (Å²) in [6.07, 6.45) is 7.49. The standard InChI is InChI=1S/C19H21N5OS/c1-12-13(2)26-19(21-12)23-18(25)22-17-15-6-4-3-5-14(15)7-8-16(17)24-10-9-20-11-24/h3-6,9-11,16-17H,7-8H2,1-2H3,(H2,21,22,23,25)/t16-,17+/m1/s1. The van der Waals surface area contributed by atoms with Gasteiger partial charge in [0.1, 0.15) is 0 Å². The van der Waals surface area contributed by atoms with Crippen molar-refractivity contribution >= 4 is 22.5 Å². The lowest BCUT2D eigenvalue weighted by molar-refractivity contribution is 0.239. The second-order valence-corrected chi connectivity index (χ2v) is 7.75. The molecule has 26 heavy (non-hydrogen) atoms. The van der Waals surface area contributed by atoms with E-state index in [1.165, 1.54) is 22.5 Å². The first-order valence-electron chi connectivity index (χ1n) is 8.68. The molecule has 0 spiro atoms. The van der Waals surface area contributed by atoms with Gasteiger partial charge in [0.15, 0.2) is 5.13 Å². The van der Waals surface area contributed by atoms with Gasteiger partial charge >= 0.3 is 6.03 Å². The maximum Gasteiger partial charge on any atom is 0.321 e. The maximum absolute atomic E-state index is 12.6. The molecule has 3 aromatic rings. The first-order valence-corrected chi connectivity index (χ1v) is 9.50. The number of carbonyl (C=O) groups is 1. The van der Waals surface area contributed by atoms with Gasteiger partial charge in [0.2, 0.25) is 0 Å². The highest BCUT2D eigenvalue weighted by atomic mass is 32.1. The Labute approximate surface area is 156 Å². The predicted molar refractivity (Wildman–Crippen MR) is 103 cm³/mol. The number of nitrogens with one attached hydrogen (secondary N) is 2. The lowest BCUT2D eigenvalue weighted by Gasteiger charge is -2.34. The second-order valence-electron chi connectivity index (χ2n) is 6.55. The number of hydrogen-bond donors (Lipinski definition) is 2. The van der Waals surface area contributed by atoms with Crippen LogP contribution in [0.3, 0.4) is 0 Å². The third-order valence-electron chi connectivity index (χ3n) is 4.93. The van der Waals surface area contributed by atoms with Crippen LogP contribution >= 0.6 is 11.3 Å². The van der Waals surface area contributed by atoms with Crippen LogP contribution in [0, 0.1) is 13.8 Å². The molecule has 0 radical (unpaired) electrons. The number of fused-ring (bicyclic) bond motifs is 1. The molecular formula is C19H21N5OS. The largest absolute Gasteiger partial charge is 0.332 e. The van der Waals surface area contributed by atoms with Gasteiger partial charge in [-0.2, -0.15) is 0 Å². The molecule has 2 atom stereocenters. The topological polar surface area (TPSA) is 71.8 Å². The summed E-state index contributed by atoms with van der Waals surface area (Å²) >= 11 is 1.49. The Hall–Kier alpha value is -2.67. The summed E-state index contributed by atoms with van der Waals surface area (Å²) in [5.74, 6) is 0. The molecule has 4 rings (SSSR count). The fourth-order valence-corrected chi connectivity index (χ4v) is 4.31. The molecule has 6 nitrogen and oxygen atoms in total. The van der Waals surface area contributed by atoms with Crippen LogP contribution in [0.2, 0.25) is 0 Å². The highest BCUT2D eigenvalue weighted by Gasteiger charge is 2.31. The van der Waals surface area contributed by atoms with Gasteiger partial charge in [-0.25, -0.2) is 14.8 Å². The minimum Gasteiger partial charge on any atom is -0.332 e. The number of carbonyl (C=O) groups excluding carboxylic acids is 1. The smallest absolute Gasteiger partial charge is 0.321 e. The molecule has 2 aromatic heterocycles. The molecule has 0 saturated heterocycles. The normalized spacial score (nSPS) is 19.0. The molecule has 0 unspecified atom stereocenters. The van der Waals surface area contributed by atoms with Crippen LogP contribution in [0.4, 0.5) is 9.93 Å². The van der Waals surface area contributed by atoms with Crippen LogP contribution in [0.5, 0.6) is 0 Å². The molecule has 0 saturated carbocycles. The summed E-state index contributed by atoms with van der Waals surface area (Å²) in [4.78, 5) is 22.3. The van der Waals surface area contributed by atoms with Gasteiger partial charge in [0, 0.05) is 17.3 Å².